The average Bonchev–Trinajstić information content (AvgIpc) is 3.27. The summed E-state index contributed by atoms with van der Waals surface area (Å²) < 4.78 is 44.9. The number of aromatic nitrogens is 2. The molecule has 1 N–H and O–H groups in total. The maximum Gasteiger partial charge on any atom is 0.293 e. The first kappa shape index (κ1) is 25.2. The van der Waals surface area contributed by atoms with E-state index in [0.29, 0.717) is 37.7 Å². The molecule has 0 radical (unpaired) electrons. The number of hydrogen-bond acceptors (Lipinski definition) is 7. The van der Waals surface area contributed by atoms with E-state index in [2.05, 4.69) is 15.5 Å². The Morgan fingerprint density at radius 2 is 2.14 bits per heavy atom. The number of carbonyl (C=O) groups excluding carboxylic acids is 1. The summed E-state index contributed by atoms with van der Waals surface area (Å²) >= 11 is 0. The molecule has 0 aromatic carbocycles. The van der Waals surface area contributed by atoms with Gasteiger partial charge in [-0.25, -0.2) is 4.98 Å². The van der Waals surface area contributed by atoms with E-state index in [0.717, 1.165) is 31.5 Å². The Kier molecular flexibility index (Phi) is 7.51. The van der Waals surface area contributed by atoms with Crippen LogP contribution in [0.5, 0.6) is 0 Å². The lowest BCUT2D eigenvalue weighted by Gasteiger charge is -2.40. The Morgan fingerprint density at radius 3 is 2.77 bits per heavy atom. The van der Waals surface area contributed by atoms with Gasteiger partial charge in [0.15, 0.2) is 6.29 Å². The normalized spacial score (nSPS) is 21.2. The van der Waals surface area contributed by atoms with Crippen molar-refractivity contribution in [3.05, 3.63) is 47.8 Å². The highest BCUT2D eigenvalue weighted by atomic mass is 19.3. The summed E-state index contributed by atoms with van der Waals surface area (Å²) in [4.78, 5) is 18.8. The van der Waals surface area contributed by atoms with E-state index in [1.807, 2.05) is 13.8 Å². The Balaban J connectivity index is 1.33. The molecule has 0 aliphatic carbocycles. The van der Waals surface area contributed by atoms with Crippen LogP contribution < -0.4 is 10.2 Å². The maximum atomic E-state index is 14.0. The first-order chi connectivity index (χ1) is 16.7. The molecule has 2 saturated heterocycles. The van der Waals surface area contributed by atoms with Gasteiger partial charge in [-0.15, -0.1) is 0 Å². The third-order valence-corrected chi connectivity index (χ3v) is 6.34. The van der Waals surface area contributed by atoms with Gasteiger partial charge in [0, 0.05) is 36.4 Å². The Bertz CT molecular complexity index is 1030. The van der Waals surface area contributed by atoms with Gasteiger partial charge >= 0.3 is 0 Å². The second kappa shape index (κ2) is 10.4. The third kappa shape index (κ3) is 5.87. The lowest BCUT2D eigenvalue weighted by atomic mass is 9.90. The molecule has 2 aromatic rings. The van der Waals surface area contributed by atoms with Gasteiger partial charge in [-0.1, -0.05) is 25.1 Å². The van der Waals surface area contributed by atoms with Crippen molar-refractivity contribution >= 4 is 17.6 Å². The van der Waals surface area contributed by atoms with Crippen molar-refractivity contribution in [3.63, 3.8) is 0 Å². The summed E-state index contributed by atoms with van der Waals surface area (Å²) in [5.41, 5.74) is 0.0290. The molecule has 4 heterocycles. The second-order valence-corrected chi connectivity index (χ2v) is 9.58. The summed E-state index contributed by atoms with van der Waals surface area (Å²) in [7, 11) is 0. The molecule has 10 heteroatoms. The van der Waals surface area contributed by atoms with E-state index in [9.17, 15) is 13.6 Å². The highest BCUT2D eigenvalue weighted by molar-refractivity contribution is 5.96. The third-order valence-electron chi connectivity index (χ3n) is 6.34. The highest BCUT2D eigenvalue weighted by Gasteiger charge is 2.37. The van der Waals surface area contributed by atoms with Gasteiger partial charge < -0.3 is 18.9 Å². The number of carbonyl (C=O) groups is 1. The molecule has 1 amide bonds. The number of allylic oxidation sites excluding steroid dienone is 2. The first-order valence-corrected chi connectivity index (χ1v) is 12.0. The van der Waals surface area contributed by atoms with Gasteiger partial charge in [0.25, 0.3) is 5.92 Å². The standard InChI is InChI=1S/C25H32F2N4O4/c1-4-11-25(26,27)17-8-9-20(28-15-17)31-12-10-18(31)23(32)29-21-14-19(30-35-21)24(2,3)16-34-22-7-5-6-13-33-22/h4,8-9,11,14-15,18,22H,5-7,10,12-13,16H2,1-3H3,(H,29,32). The van der Waals surface area contributed by atoms with E-state index >= 15 is 0 Å². The Morgan fingerprint density at radius 1 is 1.31 bits per heavy atom. The fourth-order valence-corrected chi connectivity index (χ4v) is 4.07. The number of hydrogen-bond donors (Lipinski definition) is 1. The SMILES string of the molecule is CC=CC(F)(F)c1ccc(N2CCC2C(=O)Nc2cc(C(C)(C)COC3CCCCO3)no2)nc1. The van der Waals surface area contributed by atoms with Crippen LogP contribution in [0.3, 0.4) is 0 Å². The molecule has 190 valence electrons. The van der Waals surface area contributed by atoms with Crippen molar-refractivity contribution < 1.29 is 27.6 Å². The fraction of sp³-hybridized carbons (Fsp3) is 0.560. The van der Waals surface area contributed by atoms with Crippen LogP contribution in [0.4, 0.5) is 20.5 Å². The van der Waals surface area contributed by atoms with Crippen LogP contribution in [0.2, 0.25) is 0 Å². The summed E-state index contributed by atoms with van der Waals surface area (Å²) in [5.74, 6) is -2.64. The van der Waals surface area contributed by atoms with Gasteiger partial charge in [-0.3, -0.25) is 10.1 Å². The van der Waals surface area contributed by atoms with Gasteiger partial charge in [0.2, 0.25) is 11.8 Å². The largest absolute Gasteiger partial charge is 0.353 e. The van der Waals surface area contributed by atoms with Gasteiger partial charge in [0.05, 0.1) is 12.3 Å². The summed E-state index contributed by atoms with van der Waals surface area (Å²) in [6.07, 6.45) is 6.72. The van der Waals surface area contributed by atoms with Crippen LogP contribution >= 0.6 is 0 Å². The number of alkyl halides is 2. The lowest BCUT2D eigenvalue weighted by Crippen LogP contribution is -2.54. The fourth-order valence-electron chi connectivity index (χ4n) is 4.07. The number of anilines is 2. The molecule has 8 nitrogen and oxygen atoms in total. The number of nitrogens with one attached hydrogen (secondary N) is 1. The zero-order valence-electron chi connectivity index (χ0n) is 20.3. The number of amides is 1. The molecule has 35 heavy (non-hydrogen) atoms. The van der Waals surface area contributed by atoms with E-state index in [4.69, 9.17) is 14.0 Å². The average molecular weight is 491 g/mol. The molecule has 0 saturated carbocycles. The highest BCUT2D eigenvalue weighted by Crippen LogP contribution is 2.32. The Hall–Kier alpha value is -2.85. The second-order valence-electron chi connectivity index (χ2n) is 9.58. The summed E-state index contributed by atoms with van der Waals surface area (Å²) in [5, 5.41) is 6.88. The number of nitrogens with zero attached hydrogens (tertiary/aromatic N) is 3. The first-order valence-electron chi connectivity index (χ1n) is 12.0. The quantitative estimate of drug-likeness (QED) is 0.506. The van der Waals surface area contributed by atoms with Crippen LogP contribution in [0.1, 0.15) is 57.7 Å². The molecule has 2 aliphatic rings. The molecular weight excluding hydrogens is 458 g/mol. The van der Waals surface area contributed by atoms with E-state index in [1.54, 1.807) is 11.0 Å². The molecule has 2 atom stereocenters. The molecule has 0 bridgehead atoms. The minimum absolute atomic E-state index is 0.197. The number of pyridine rings is 1. The molecule has 4 rings (SSSR count). The molecule has 2 unspecified atom stereocenters. The van der Waals surface area contributed by atoms with Crippen LogP contribution in [0.15, 0.2) is 41.1 Å². The number of rotatable bonds is 9. The van der Waals surface area contributed by atoms with Crippen LogP contribution in [-0.4, -0.2) is 48.1 Å². The zero-order chi connectivity index (χ0) is 25.1. The van der Waals surface area contributed by atoms with E-state index in [1.165, 1.54) is 25.1 Å². The maximum absolute atomic E-state index is 14.0. The lowest BCUT2D eigenvalue weighted by molar-refractivity contribution is -0.170. The van der Waals surface area contributed by atoms with E-state index in [-0.39, 0.29) is 23.6 Å². The van der Waals surface area contributed by atoms with Crippen LogP contribution in [0.25, 0.3) is 0 Å². The zero-order valence-corrected chi connectivity index (χ0v) is 20.3. The van der Waals surface area contributed by atoms with Crippen molar-refractivity contribution in [2.75, 3.05) is 30.0 Å². The van der Waals surface area contributed by atoms with E-state index < -0.39 is 17.4 Å². The topological polar surface area (TPSA) is 89.7 Å². The Labute approximate surface area is 203 Å². The molecular formula is C25H32F2N4O4. The van der Waals surface area contributed by atoms with Gasteiger partial charge in [0.1, 0.15) is 11.9 Å². The van der Waals surface area contributed by atoms with Crippen molar-refractivity contribution in [2.45, 2.75) is 70.1 Å². The van der Waals surface area contributed by atoms with Gasteiger partial charge in [-0.05, 0) is 50.8 Å². The minimum atomic E-state index is -3.09. The monoisotopic (exact) mass is 490 g/mol. The van der Waals surface area contributed by atoms with Gasteiger partial charge in [-0.2, -0.15) is 8.78 Å². The molecule has 0 spiro atoms. The van der Waals surface area contributed by atoms with Crippen molar-refractivity contribution in [1.29, 1.82) is 0 Å². The summed E-state index contributed by atoms with van der Waals surface area (Å²) in [6, 6.07) is 4.07. The molecule has 2 aromatic heterocycles. The predicted molar refractivity (Wildman–Crippen MR) is 126 cm³/mol. The van der Waals surface area contributed by atoms with Crippen molar-refractivity contribution in [2.24, 2.45) is 0 Å². The molecule has 2 aliphatic heterocycles. The number of halogens is 2. The smallest absolute Gasteiger partial charge is 0.293 e. The van der Waals surface area contributed by atoms with Crippen LogP contribution in [-0.2, 0) is 25.6 Å². The minimum Gasteiger partial charge on any atom is -0.353 e. The number of ether oxygens (including phenoxy) is 2. The molecule has 2 fully saturated rings. The predicted octanol–water partition coefficient (Wildman–Crippen LogP) is 4.78. The summed E-state index contributed by atoms with van der Waals surface area (Å²) in [6.45, 7) is 7.24. The van der Waals surface area contributed by atoms with Crippen molar-refractivity contribution in [1.82, 2.24) is 10.1 Å². The van der Waals surface area contributed by atoms with Crippen LogP contribution in [0, 0.1) is 0 Å². The van der Waals surface area contributed by atoms with Crippen molar-refractivity contribution in [3.8, 4) is 0 Å².